The van der Waals surface area contributed by atoms with Crippen molar-refractivity contribution in [3.63, 3.8) is 0 Å². The molecule has 2 aromatic rings. The third-order valence-electron chi connectivity index (χ3n) is 8.61. The van der Waals surface area contributed by atoms with Gasteiger partial charge in [-0.15, -0.1) is 0 Å². The minimum absolute atomic E-state index is 0.0254. The Hall–Kier alpha value is -4.65. The van der Waals surface area contributed by atoms with Crippen molar-refractivity contribution in [3.05, 3.63) is 59.7 Å². The van der Waals surface area contributed by atoms with E-state index in [0.29, 0.717) is 23.5 Å². The number of methoxy groups -OCH3 is 2. The first kappa shape index (κ1) is 41.5. The van der Waals surface area contributed by atoms with E-state index in [-0.39, 0.29) is 30.6 Å². The number of aliphatic carboxylic acids is 1. The summed E-state index contributed by atoms with van der Waals surface area (Å²) in [5.74, 6) is -3.48. The van der Waals surface area contributed by atoms with Crippen LogP contribution in [0.3, 0.4) is 0 Å². The Kier molecular flexibility index (Phi) is 16.7. The first-order valence-electron chi connectivity index (χ1n) is 17.0. The summed E-state index contributed by atoms with van der Waals surface area (Å²) in [4.78, 5) is 64.9. The molecule has 6 atom stereocenters. The lowest BCUT2D eigenvalue weighted by Crippen LogP contribution is -2.57. The fraction of sp³-hybridized carbons (Fsp3) is 0.541. The van der Waals surface area contributed by atoms with Crippen molar-refractivity contribution in [2.45, 2.75) is 97.5 Å². The molecule has 2 rings (SSSR count). The molecule has 6 unspecified atom stereocenters. The van der Waals surface area contributed by atoms with E-state index < -0.39 is 66.3 Å². The van der Waals surface area contributed by atoms with Crippen LogP contribution in [0.1, 0.15) is 65.5 Å². The third-order valence-corrected chi connectivity index (χ3v) is 8.61. The van der Waals surface area contributed by atoms with E-state index >= 15 is 0 Å². The zero-order valence-electron chi connectivity index (χ0n) is 30.3. The average Bonchev–Trinajstić information content (AvgIpc) is 3.07. The number of ether oxygens (including phenoxy) is 2. The van der Waals surface area contributed by atoms with Crippen LogP contribution in [0.5, 0.6) is 11.5 Å². The molecule has 0 aromatic heterocycles. The fourth-order valence-electron chi connectivity index (χ4n) is 5.38. The summed E-state index contributed by atoms with van der Waals surface area (Å²) in [5.41, 5.74) is 1.44. The number of hydrogen-bond donors (Lipinski definition) is 6. The molecule has 2 aromatic carbocycles. The number of carboxylic acids is 1. The van der Waals surface area contributed by atoms with Gasteiger partial charge in [0.25, 0.3) is 0 Å². The lowest BCUT2D eigenvalue weighted by atomic mass is 9.95. The number of amides is 4. The molecule has 13 heteroatoms. The van der Waals surface area contributed by atoms with E-state index in [1.807, 2.05) is 37.3 Å². The zero-order chi connectivity index (χ0) is 37.5. The highest BCUT2D eigenvalue weighted by molar-refractivity contribution is 5.91. The molecule has 0 radical (unpaired) electrons. The first-order valence-corrected chi connectivity index (χ1v) is 17.0. The molecule has 0 aliphatic carbocycles. The van der Waals surface area contributed by atoms with Crippen LogP contribution in [0.25, 0.3) is 0 Å². The van der Waals surface area contributed by atoms with Crippen molar-refractivity contribution in [1.82, 2.24) is 21.3 Å². The normalized spacial score (nSPS) is 14.8. The van der Waals surface area contributed by atoms with Gasteiger partial charge in [0.1, 0.15) is 18.1 Å². The van der Waals surface area contributed by atoms with Gasteiger partial charge in [-0.3, -0.25) is 19.2 Å². The second kappa shape index (κ2) is 20.1. The van der Waals surface area contributed by atoms with Gasteiger partial charge >= 0.3 is 5.97 Å². The highest BCUT2D eigenvalue weighted by atomic mass is 16.5. The predicted octanol–water partition coefficient (Wildman–Crippen LogP) is 2.62. The zero-order valence-corrected chi connectivity index (χ0v) is 30.3. The van der Waals surface area contributed by atoms with E-state index in [9.17, 15) is 34.2 Å². The molecule has 276 valence electrons. The topological polar surface area (TPSA) is 192 Å². The van der Waals surface area contributed by atoms with Crippen molar-refractivity contribution in [3.8, 4) is 11.5 Å². The van der Waals surface area contributed by atoms with E-state index in [4.69, 9.17) is 9.47 Å². The minimum Gasteiger partial charge on any atom is -0.493 e. The van der Waals surface area contributed by atoms with Crippen LogP contribution in [0.4, 0.5) is 0 Å². The first-order chi connectivity index (χ1) is 23.6. The molecular weight excluding hydrogens is 644 g/mol. The van der Waals surface area contributed by atoms with Crippen LogP contribution in [0.15, 0.2) is 48.5 Å². The van der Waals surface area contributed by atoms with Crippen LogP contribution in [-0.2, 0) is 36.8 Å². The van der Waals surface area contributed by atoms with E-state index in [0.717, 1.165) is 5.56 Å². The molecule has 6 N–H and O–H groups in total. The SMILES string of the molecule is CCC(C)C(NC(=O)CC(O)C(Cc1ccccc1)NC(=O)C(NC(=O)Cc1ccc(OC)c(OC)c1)C(C)C)C(=O)NC(C(=O)O)C(C)C. The highest BCUT2D eigenvalue weighted by Gasteiger charge is 2.34. The quantitative estimate of drug-likeness (QED) is 0.121. The van der Waals surface area contributed by atoms with E-state index in [1.54, 1.807) is 52.8 Å². The van der Waals surface area contributed by atoms with Crippen LogP contribution in [-0.4, -0.2) is 84.3 Å². The number of rotatable bonds is 20. The summed E-state index contributed by atoms with van der Waals surface area (Å²) in [6, 6.07) is 10.1. The molecule has 0 saturated heterocycles. The molecular formula is C37H54N4O9. The molecule has 0 spiro atoms. The fourth-order valence-corrected chi connectivity index (χ4v) is 5.38. The molecule has 0 aliphatic heterocycles. The average molecular weight is 699 g/mol. The number of aliphatic hydroxyl groups excluding tert-OH is 1. The highest BCUT2D eigenvalue weighted by Crippen LogP contribution is 2.27. The number of hydrogen-bond acceptors (Lipinski definition) is 8. The largest absolute Gasteiger partial charge is 0.493 e. The van der Waals surface area contributed by atoms with Gasteiger partial charge in [-0.25, -0.2) is 4.79 Å². The van der Waals surface area contributed by atoms with Gasteiger partial charge in [0.2, 0.25) is 23.6 Å². The minimum atomic E-state index is -1.38. The lowest BCUT2D eigenvalue weighted by Gasteiger charge is -2.30. The Morgan fingerprint density at radius 1 is 0.700 bits per heavy atom. The molecule has 0 bridgehead atoms. The van der Waals surface area contributed by atoms with Crippen molar-refractivity contribution in [2.24, 2.45) is 17.8 Å². The summed E-state index contributed by atoms with van der Waals surface area (Å²) in [5, 5.41) is 31.7. The molecule has 0 fully saturated rings. The van der Waals surface area contributed by atoms with Gasteiger partial charge in [-0.1, -0.05) is 84.4 Å². The summed E-state index contributed by atoms with van der Waals surface area (Å²) >= 11 is 0. The summed E-state index contributed by atoms with van der Waals surface area (Å²) in [6.45, 7) is 10.5. The Bertz CT molecular complexity index is 1430. The van der Waals surface area contributed by atoms with Crippen molar-refractivity contribution in [1.29, 1.82) is 0 Å². The third kappa shape index (κ3) is 12.7. The monoisotopic (exact) mass is 698 g/mol. The van der Waals surface area contributed by atoms with E-state index in [1.165, 1.54) is 14.2 Å². The second-order valence-corrected chi connectivity index (χ2v) is 13.2. The summed E-state index contributed by atoms with van der Waals surface area (Å²) < 4.78 is 10.6. The Labute approximate surface area is 294 Å². The summed E-state index contributed by atoms with van der Waals surface area (Å²) in [6.07, 6.45) is -1.17. The number of carbonyl (C=O) groups excluding carboxylic acids is 4. The van der Waals surface area contributed by atoms with Crippen LogP contribution >= 0.6 is 0 Å². The maximum atomic E-state index is 13.7. The van der Waals surface area contributed by atoms with Crippen molar-refractivity contribution < 1.29 is 43.7 Å². The second-order valence-electron chi connectivity index (χ2n) is 13.2. The van der Waals surface area contributed by atoms with Gasteiger partial charge in [-0.2, -0.15) is 0 Å². The lowest BCUT2D eigenvalue weighted by molar-refractivity contribution is -0.143. The molecule has 50 heavy (non-hydrogen) atoms. The maximum absolute atomic E-state index is 13.7. The summed E-state index contributed by atoms with van der Waals surface area (Å²) in [7, 11) is 3.01. The Balaban J connectivity index is 2.22. The number of carboxylic acid groups (broad SMARTS) is 1. The van der Waals surface area contributed by atoms with Gasteiger partial charge in [-0.05, 0) is 47.4 Å². The molecule has 0 aliphatic rings. The molecule has 0 saturated carbocycles. The van der Waals surface area contributed by atoms with Gasteiger partial charge in [0.15, 0.2) is 11.5 Å². The smallest absolute Gasteiger partial charge is 0.326 e. The molecule has 0 heterocycles. The van der Waals surface area contributed by atoms with Crippen LogP contribution < -0.4 is 30.7 Å². The van der Waals surface area contributed by atoms with Crippen LogP contribution in [0, 0.1) is 17.8 Å². The van der Waals surface area contributed by atoms with Gasteiger partial charge in [0, 0.05) is 0 Å². The van der Waals surface area contributed by atoms with Crippen molar-refractivity contribution >= 4 is 29.6 Å². The standard InChI is InChI=1S/C37H54N4O9/c1-9-23(6)34(36(46)41-33(22(4)5)37(47)48)40-31(44)20-27(42)26(17-24-13-11-10-12-14-24)38-35(45)32(21(2)3)39-30(43)19-25-15-16-28(49-7)29(18-25)50-8/h10-16,18,21-23,26-27,32-34,42H,9,17,19-20H2,1-8H3,(H,38,45)(H,39,43)(H,40,44)(H,41,46)(H,47,48). The van der Waals surface area contributed by atoms with Gasteiger partial charge < -0.3 is 41.0 Å². The van der Waals surface area contributed by atoms with E-state index in [2.05, 4.69) is 21.3 Å². The van der Waals surface area contributed by atoms with Crippen LogP contribution in [0.2, 0.25) is 0 Å². The van der Waals surface area contributed by atoms with Gasteiger partial charge in [0.05, 0.1) is 39.2 Å². The Morgan fingerprint density at radius 2 is 1.28 bits per heavy atom. The number of carbonyl (C=O) groups is 5. The Morgan fingerprint density at radius 3 is 1.82 bits per heavy atom. The molecule has 13 nitrogen and oxygen atoms in total. The number of nitrogens with one attached hydrogen (secondary N) is 4. The number of benzene rings is 2. The molecule has 4 amide bonds. The number of aliphatic hydroxyl groups is 1. The maximum Gasteiger partial charge on any atom is 0.326 e. The van der Waals surface area contributed by atoms with Crippen molar-refractivity contribution in [2.75, 3.05) is 14.2 Å². The predicted molar refractivity (Wildman–Crippen MR) is 189 cm³/mol.